The third-order valence-electron chi connectivity index (χ3n) is 9.46. The lowest BCUT2D eigenvalue weighted by Gasteiger charge is -2.23. The summed E-state index contributed by atoms with van der Waals surface area (Å²) >= 11 is 0. The summed E-state index contributed by atoms with van der Waals surface area (Å²) in [5, 5.41) is 22.3. The van der Waals surface area contributed by atoms with Crippen molar-refractivity contribution >= 4 is 34.9 Å². The number of fused-ring (bicyclic) bond motifs is 1. The van der Waals surface area contributed by atoms with Crippen molar-refractivity contribution in [3.05, 3.63) is 166 Å². The number of rotatable bonds is 8. The van der Waals surface area contributed by atoms with E-state index in [1.807, 2.05) is 109 Å². The smallest absolute Gasteiger partial charge is 0.335 e. The van der Waals surface area contributed by atoms with Crippen LogP contribution >= 0.6 is 0 Å². The van der Waals surface area contributed by atoms with Crippen molar-refractivity contribution < 1.29 is 29.4 Å². The molecule has 0 aromatic heterocycles. The first-order chi connectivity index (χ1) is 24.2. The number of amides is 1. The summed E-state index contributed by atoms with van der Waals surface area (Å²) in [5.74, 6) is -3.20. The quantitative estimate of drug-likeness (QED) is 0.154. The van der Waals surface area contributed by atoms with Crippen molar-refractivity contribution in [2.24, 2.45) is 5.92 Å². The molecule has 2 aliphatic rings. The maximum Gasteiger partial charge on any atom is 0.335 e. The van der Waals surface area contributed by atoms with Crippen molar-refractivity contribution in [1.29, 1.82) is 0 Å². The standard InChI is InChI=1S/C43H33NO6/c45-37-24-26(21-27-22-34(42(47)48)25-35(23-27)43(49)50)11-20-36(32-16-12-30(13-17-32)28-7-3-1-4-8-28)38-39(37)40(44-41(38)46)33-18-14-31(15-19-33)29-9-5-2-6-10-29/h1-10,12-19,22-23,25-26H,11,20-21,24H2,(H,44,46)(H,47,48)(H,49,50)/b38-36-. The van der Waals surface area contributed by atoms with Crippen LogP contribution in [0.1, 0.15) is 56.7 Å². The monoisotopic (exact) mass is 659 g/mol. The molecule has 7 nitrogen and oxygen atoms in total. The molecule has 0 saturated heterocycles. The number of hydrogen-bond donors (Lipinski definition) is 3. The van der Waals surface area contributed by atoms with Crippen molar-refractivity contribution in [2.75, 3.05) is 0 Å². The van der Waals surface area contributed by atoms with Gasteiger partial charge in [0.2, 0.25) is 0 Å². The highest BCUT2D eigenvalue weighted by atomic mass is 16.4. The van der Waals surface area contributed by atoms with Crippen LogP contribution in [0, 0.1) is 5.92 Å². The first-order valence-corrected chi connectivity index (χ1v) is 16.5. The van der Waals surface area contributed by atoms with Gasteiger partial charge in [0.25, 0.3) is 5.91 Å². The van der Waals surface area contributed by atoms with Gasteiger partial charge in [0.1, 0.15) is 0 Å². The maximum atomic E-state index is 14.4. The summed E-state index contributed by atoms with van der Waals surface area (Å²) in [6.07, 6.45) is 1.43. The molecule has 7 rings (SSSR count). The molecular weight excluding hydrogens is 626 g/mol. The molecule has 0 bridgehead atoms. The van der Waals surface area contributed by atoms with E-state index in [-0.39, 0.29) is 35.2 Å². The van der Waals surface area contributed by atoms with Gasteiger partial charge in [0.15, 0.2) is 5.78 Å². The predicted molar refractivity (Wildman–Crippen MR) is 192 cm³/mol. The molecule has 0 saturated carbocycles. The normalized spacial score (nSPS) is 17.5. The van der Waals surface area contributed by atoms with Gasteiger partial charge in [0.05, 0.1) is 28.0 Å². The molecule has 0 radical (unpaired) electrons. The third-order valence-corrected chi connectivity index (χ3v) is 9.46. The maximum absolute atomic E-state index is 14.4. The largest absolute Gasteiger partial charge is 0.478 e. The number of Topliss-reactive ketones (excluding diaryl/α,β-unsaturated/α-hetero) is 1. The zero-order valence-electron chi connectivity index (χ0n) is 27.1. The average molecular weight is 660 g/mol. The summed E-state index contributed by atoms with van der Waals surface area (Å²) in [7, 11) is 0. The molecule has 7 heteroatoms. The Bertz CT molecular complexity index is 2170. The molecule has 1 aliphatic carbocycles. The van der Waals surface area contributed by atoms with E-state index in [1.165, 1.54) is 12.1 Å². The van der Waals surface area contributed by atoms with Crippen LogP contribution in [-0.2, 0) is 16.0 Å². The SMILES string of the molecule is O=C1CC(Cc2cc(C(=O)O)cc(C(=O)O)c2)CC/C(c2ccc(-c3ccccc3)cc2)=C2/C(=O)NC(c3ccc(-c4ccccc4)cc3)=C12. The molecule has 5 aromatic rings. The second kappa shape index (κ2) is 13.6. The second-order valence-corrected chi connectivity index (χ2v) is 12.7. The Morgan fingerprint density at radius 1 is 0.600 bits per heavy atom. The van der Waals surface area contributed by atoms with Crippen LogP contribution in [0.3, 0.4) is 0 Å². The van der Waals surface area contributed by atoms with Crippen LogP contribution in [0.5, 0.6) is 0 Å². The minimum Gasteiger partial charge on any atom is -0.478 e. The van der Waals surface area contributed by atoms with E-state index in [0.29, 0.717) is 47.2 Å². The molecule has 3 N–H and O–H groups in total. The molecule has 5 aromatic carbocycles. The molecule has 0 fully saturated rings. The number of allylic oxidation sites excluding steroid dienone is 1. The summed E-state index contributed by atoms with van der Waals surface area (Å²) in [6.45, 7) is 0. The number of carboxylic acid groups (broad SMARTS) is 2. The van der Waals surface area contributed by atoms with Gasteiger partial charge in [-0.05, 0) is 87.9 Å². The number of carbonyl (C=O) groups excluding carboxylic acids is 2. The zero-order chi connectivity index (χ0) is 34.8. The molecule has 1 atom stereocenters. The minimum atomic E-state index is -1.22. The minimum absolute atomic E-state index is 0.110. The molecule has 0 spiro atoms. The Balaban J connectivity index is 1.31. The van der Waals surface area contributed by atoms with Crippen molar-refractivity contribution in [2.45, 2.75) is 25.7 Å². The molecular formula is C43H33NO6. The fourth-order valence-corrected chi connectivity index (χ4v) is 7.01. The van der Waals surface area contributed by atoms with Gasteiger partial charge in [0, 0.05) is 6.42 Å². The number of ketones is 1. The van der Waals surface area contributed by atoms with Crippen LogP contribution in [0.4, 0.5) is 0 Å². The van der Waals surface area contributed by atoms with Crippen molar-refractivity contribution in [3.63, 3.8) is 0 Å². The lowest BCUT2D eigenvalue weighted by atomic mass is 9.79. The lowest BCUT2D eigenvalue weighted by molar-refractivity contribution is -0.118. The van der Waals surface area contributed by atoms with Crippen LogP contribution in [0.15, 0.2) is 139 Å². The van der Waals surface area contributed by atoms with E-state index in [2.05, 4.69) is 5.32 Å². The first kappa shape index (κ1) is 32.2. The average Bonchev–Trinajstić information content (AvgIpc) is 3.48. The van der Waals surface area contributed by atoms with Gasteiger partial charge >= 0.3 is 11.9 Å². The zero-order valence-corrected chi connectivity index (χ0v) is 27.1. The molecule has 1 amide bonds. The highest BCUT2D eigenvalue weighted by Crippen LogP contribution is 2.41. The van der Waals surface area contributed by atoms with Gasteiger partial charge in [-0.15, -0.1) is 0 Å². The van der Waals surface area contributed by atoms with Crippen LogP contribution in [-0.4, -0.2) is 33.8 Å². The predicted octanol–water partition coefficient (Wildman–Crippen LogP) is 8.32. The fraction of sp³-hybridized carbons (Fsp3) is 0.116. The lowest BCUT2D eigenvalue weighted by Crippen LogP contribution is -2.20. The van der Waals surface area contributed by atoms with Crippen LogP contribution in [0.25, 0.3) is 33.5 Å². The topological polar surface area (TPSA) is 121 Å². The van der Waals surface area contributed by atoms with Crippen molar-refractivity contribution in [1.82, 2.24) is 5.32 Å². The van der Waals surface area contributed by atoms with E-state index >= 15 is 0 Å². The molecule has 246 valence electrons. The van der Waals surface area contributed by atoms with Crippen LogP contribution < -0.4 is 5.32 Å². The van der Waals surface area contributed by atoms with Gasteiger partial charge in [-0.1, -0.05) is 109 Å². The summed E-state index contributed by atoms with van der Waals surface area (Å²) in [4.78, 5) is 51.9. The first-order valence-electron chi connectivity index (χ1n) is 16.5. The molecule has 1 unspecified atom stereocenters. The van der Waals surface area contributed by atoms with Gasteiger partial charge in [-0.3, -0.25) is 9.59 Å². The number of hydrogen-bond acceptors (Lipinski definition) is 4. The number of aromatic carboxylic acids is 2. The van der Waals surface area contributed by atoms with Crippen LogP contribution in [0.2, 0.25) is 0 Å². The highest BCUT2D eigenvalue weighted by molar-refractivity contribution is 6.26. The van der Waals surface area contributed by atoms with E-state index in [0.717, 1.165) is 39.5 Å². The van der Waals surface area contributed by atoms with E-state index in [1.54, 1.807) is 0 Å². The summed E-state index contributed by atoms with van der Waals surface area (Å²) in [6, 6.07) is 39.8. The van der Waals surface area contributed by atoms with Gasteiger partial charge in [-0.25, -0.2) is 9.59 Å². The summed E-state index contributed by atoms with van der Waals surface area (Å²) in [5.41, 5.74) is 7.95. The third kappa shape index (κ3) is 6.54. The van der Waals surface area contributed by atoms with E-state index < -0.39 is 11.9 Å². The highest BCUT2D eigenvalue weighted by Gasteiger charge is 2.37. The second-order valence-electron chi connectivity index (χ2n) is 12.7. The fourth-order valence-electron chi connectivity index (χ4n) is 7.01. The Morgan fingerprint density at radius 2 is 1.08 bits per heavy atom. The molecule has 1 heterocycles. The summed E-state index contributed by atoms with van der Waals surface area (Å²) < 4.78 is 0. The Labute approximate surface area is 289 Å². The van der Waals surface area contributed by atoms with Gasteiger partial charge < -0.3 is 15.5 Å². The Morgan fingerprint density at radius 3 is 1.60 bits per heavy atom. The van der Waals surface area contributed by atoms with Crippen molar-refractivity contribution in [3.8, 4) is 22.3 Å². The van der Waals surface area contributed by atoms with Gasteiger partial charge in [-0.2, -0.15) is 0 Å². The molecule has 50 heavy (non-hydrogen) atoms. The number of carbonyl (C=O) groups is 4. The van der Waals surface area contributed by atoms with E-state index in [4.69, 9.17) is 0 Å². The van der Waals surface area contributed by atoms with E-state index in [9.17, 15) is 29.4 Å². The molecule has 1 aliphatic heterocycles. The number of carboxylic acids is 2. The number of nitrogens with one attached hydrogen (secondary N) is 1. The Kier molecular flexibility index (Phi) is 8.79. The Hall–Kier alpha value is -6.34. The number of benzene rings is 5.